The molecule has 1 unspecified atom stereocenters. The molecule has 1 aliphatic rings. The summed E-state index contributed by atoms with van der Waals surface area (Å²) in [7, 11) is 1.49. The van der Waals surface area contributed by atoms with E-state index in [1.165, 1.54) is 7.11 Å². The van der Waals surface area contributed by atoms with E-state index in [2.05, 4.69) is 4.98 Å². The number of amides is 1. The lowest BCUT2D eigenvalue weighted by molar-refractivity contribution is -0.125. The van der Waals surface area contributed by atoms with Gasteiger partial charge in [-0.2, -0.15) is 0 Å². The van der Waals surface area contributed by atoms with Gasteiger partial charge in [0.15, 0.2) is 0 Å². The first-order chi connectivity index (χ1) is 9.17. The van der Waals surface area contributed by atoms with E-state index in [0.29, 0.717) is 31.0 Å². The van der Waals surface area contributed by atoms with Gasteiger partial charge in [0.05, 0.1) is 7.11 Å². The summed E-state index contributed by atoms with van der Waals surface area (Å²) in [6, 6.07) is 3.41. The van der Waals surface area contributed by atoms with Gasteiger partial charge in [0, 0.05) is 31.6 Å². The molecule has 1 aromatic heterocycles. The molecule has 0 bridgehead atoms. The zero-order valence-electron chi connectivity index (χ0n) is 11.3. The molecular weight excluding hydrogens is 244 g/mol. The lowest BCUT2D eigenvalue weighted by atomic mass is 9.94. The van der Waals surface area contributed by atoms with Crippen molar-refractivity contribution >= 4 is 11.7 Å². The van der Waals surface area contributed by atoms with Crippen molar-refractivity contribution in [1.29, 1.82) is 0 Å². The number of pyridine rings is 1. The van der Waals surface area contributed by atoms with Crippen LogP contribution >= 0.6 is 0 Å². The van der Waals surface area contributed by atoms with Crippen LogP contribution < -0.4 is 4.74 Å². The molecule has 2 rings (SSSR count). The average Bonchev–Trinajstić information content (AvgIpc) is 2.47. The van der Waals surface area contributed by atoms with Crippen LogP contribution in [-0.2, 0) is 4.79 Å². The molecule has 0 aromatic carbocycles. The predicted octanol–water partition coefficient (Wildman–Crippen LogP) is 1.53. The second-order valence-corrected chi connectivity index (χ2v) is 4.63. The van der Waals surface area contributed by atoms with Gasteiger partial charge in [-0.25, -0.2) is 4.98 Å². The van der Waals surface area contributed by atoms with Crippen LogP contribution in [0, 0.1) is 5.92 Å². The second kappa shape index (κ2) is 5.82. The van der Waals surface area contributed by atoms with Gasteiger partial charge in [0.25, 0.3) is 5.91 Å². The third-order valence-corrected chi connectivity index (χ3v) is 3.50. The van der Waals surface area contributed by atoms with E-state index in [-0.39, 0.29) is 17.6 Å². The first-order valence-corrected chi connectivity index (χ1v) is 6.48. The Balaban J connectivity index is 2.18. The lowest BCUT2D eigenvalue weighted by Gasteiger charge is -2.31. The van der Waals surface area contributed by atoms with E-state index in [1.807, 2.05) is 6.92 Å². The van der Waals surface area contributed by atoms with Crippen LogP contribution in [0.25, 0.3) is 0 Å². The number of piperidine rings is 1. The van der Waals surface area contributed by atoms with Crippen LogP contribution in [0.2, 0.25) is 0 Å². The van der Waals surface area contributed by atoms with E-state index >= 15 is 0 Å². The van der Waals surface area contributed by atoms with Crippen LogP contribution in [-0.4, -0.2) is 41.8 Å². The Labute approximate surface area is 112 Å². The summed E-state index contributed by atoms with van der Waals surface area (Å²) in [5, 5.41) is 0. The summed E-state index contributed by atoms with van der Waals surface area (Å²) < 4.78 is 5.11. The number of Topliss-reactive ketones (excluding diaryl/α,β-unsaturated/α-hetero) is 1. The summed E-state index contributed by atoms with van der Waals surface area (Å²) in [6.45, 7) is 2.94. The highest BCUT2D eigenvalue weighted by molar-refractivity contribution is 5.97. The monoisotopic (exact) mass is 262 g/mol. The topological polar surface area (TPSA) is 59.5 Å². The third-order valence-electron chi connectivity index (χ3n) is 3.50. The highest BCUT2D eigenvalue weighted by Crippen LogP contribution is 2.21. The zero-order valence-corrected chi connectivity index (χ0v) is 11.3. The molecule has 1 fully saturated rings. The molecule has 2 heterocycles. The molecule has 5 nitrogen and oxygen atoms in total. The molecule has 1 aliphatic heterocycles. The predicted molar refractivity (Wildman–Crippen MR) is 70.1 cm³/mol. The molecule has 0 radical (unpaired) electrons. The minimum absolute atomic E-state index is 0.0413. The molecule has 1 aromatic rings. The largest absolute Gasteiger partial charge is 0.480 e. The fraction of sp³-hybridized carbons (Fsp3) is 0.500. The number of methoxy groups -OCH3 is 1. The van der Waals surface area contributed by atoms with E-state index in [0.717, 1.165) is 6.42 Å². The summed E-state index contributed by atoms with van der Waals surface area (Å²) in [5.41, 5.74) is 0.453. The number of ether oxygens (including phenoxy) is 1. The van der Waals surface area contributed by atoms with Crippen LogP contribution in [0.5, 0.6) is 5.88 Å². The van der Waals surface area contributed by atoms with Crippen molar-refractivity contribution in [2.75, 3.05) is 20.2 Å². The number of carbonyl (C=O) groups is 2. The van der Waals surface area contributed by atoms with Gasteiger partial charge in [0.2, 0.25) is 5.88 Å². The van der Waals surface area contributed by atoms with Gasteiger partial charge in [-0.1, -0.05) is 6.92 Å². The fourth-order valence-electron chi connectivity index (χ4n) is 2.34. The maximum Gasteiger partial charge on any atom is 0.259 e. The molecule has 102 valence electrons. The van der Waals surface area contributed by atoms with Gasteiger partial charge >= 0.3 is 0 Å². The molecule has 0 saturated carbocycles. The number of rotatable bonds is 3. The van der Waals surface area contributed by atoms with E-state index in [4.69, 9.17) is 4.74 Å². The Bertz CT molecular complexity index is 487. The fourth-order valence-corrected chi connectivity index (χ4v) is 2.34. The minimum Gasteiger partial charge on any atom is -0.480 e. The minimum atomic E-state index is -0.115. The van der Waals surface area contributed by atoms with Crippen molar-refractivity contribution in [2.24, 2.45) is 5.92 Å². The molecule has 19 heavy (non-hydrogen) atoms. The van der Waals surface area contributed by atoms with Gasteiger partial charge in [-0.3, -0.25) is 9.59 Å². The number of hydrogen-bond donors (Lipinski definition) is 0. The van der Waals surface area contributed by atoms with Crippen LogP contribution in [0.3, 0.4) is 0 Å². The van der Waals surface area contributed by atoms with Crippen molar-refractivity contribution in [3.8, 4) is 5.88 Å². The van der Waals surface area contributed by atoms with Gasteiger partial charge in [-0.15, -0.1) is 0 Å². The van der Waals surface area contributed by atoms with Crippen LogP contribution in [0.4, 0.5) is 0 Å². The highest BCUT2D eigenvalue weighted by Gasteiger charge is 2.30. The van der Waals surface area contributed by atoms with Crippen molar-refractivity contribution in [3.63, 3.8) is 0 Å². The standard InChI is InChI=1S/C14H18N2O3/c1-3-10-9-16(8-6-12(10)17)14(18)11-5-4-7-15-13(11)19-2/h4-5,7,10H,3,6,8-9H2,1-2H3. The molecule has 0 N–H and O–H groups in total. The highest BCUT2D eigenvalue weighted by atomic mass is 16.5. The zero-order chi connectivity index (χ0) is 13.8. The maximum absolute atomic E-state index is 12.4. The van der Waals surface area contributed by atoms with E-state index in [1.54, 1.807) is 23.2 Å². The van der Waals surface area contributed by atoms with E-state index in [9.17, 15) is 9.59 Å². The Morgan fingerprint density at radius 2 is 2.37 bits per heavy atom. The van der Waals surface area contributed by atoms with E-state index < -0.39 is 0 Å². The number of likely N-dealkylation sites (tertiary alicyclic amines) is 1. The van der Waals surface area contributed by atoms with Crippen molar-refractivity contribution in [3.05, 3.63) is 23.9 Å². The van der Waals surface area contributed by atoms with Crippen molar-refractivity contribution in [2.45, 2.75) is 19.8 Å². The quantitative estimate of drug-likeness (QED) is 0.829. The van der Waals surface area contributed by atoms with Crippen LogP contribution in [0.15, 0.2) is 18.3 Å². The molecule has 0 aliphatic carbocycles. The number of aromatic nitrogens is 1. The molecule has 1 saturated heterocycles. The number of ketones is 1. The van der Waals surface area contributed by atoms with Crippen molar-refractivity contribution < 1.29 is 14.3 Å². The summed E-state index contributed by atoms with van der Waals surface area (Å²) in [5.74, 6) is 0.429. The van der Waals surface area contributed by atoms with Gasteiger partial charge in [0.1, 0.15) is 11.3 Å². The van der Waals surface area contributed by atoms with Gasteiger partial charge < -0.3 is 9.64 Å². The Morgan fingerprint density at radius 3 is 3.05 bits per heavy atom. The van der Waals surface area contributed by atoms with Crippen LogP contribution in [0.1, 0.15) is 30.1 Å². The molecular formula is C14H18N2O3. The Hall–Kier alpha value is -1.91. The number of nitrogens with zero attached hydrogens (tertiary/aromatic N) is 2. The molecule has 5 heteroatoms. The molecule has 0 spiro atoms. The molecule has 1 amide bonds. The normalized spacial score (nSPS) is 19.4. The second-order valence-electron chi connectivity index (χ2n) is 4.63. The average molecular weight is 262 g/mol. The molecule has 1 atom stereocenters. The van der Waals surface area contributed by atoms with Gasteiger partial charge in [-0.05, 0) is 18.6 Å². The Kier molecular flexibility index (Phi) is 4.14. The summed E-state index contributed by atoms with van der Waals surface area (Å²) >= 11 is 0. The lowest BCUT2D eigenvalue weighted by Crippen LogP contribution is -2.44. The maximum atomic E-state index is 12.4. The Morgan fingerprint density at radius 1 is 1.58 bits per heavy atom. The third kappa shape index (κ3) is 2.75. The summed E-state index contributed by atoms with van der Waals surface area (Å²) in [4.78, 5) is 29.9. The number of carbonyl (C=O) groups excluding carboxylic acids is 2. The first-order valence-electron chi connectivity index (χ1n) is 6.48. The first kappa shape index (κ1) is 13.5. The summed E-state index contributed by atoms with van der Waals surface area (Å²) in [6.07, 6.45) is 2.80. The SMILES string of the molecule is CCC1CN(C(=O)c2cccnc2OC)CCC1=O. The smallest absolute Gasteiger partial charge is 0.259 e. The number of hydrogen-bond acceptors (Lipinski definition) is 4. The van der Waals surface area contributed by atoms with Crippen molar-refractivity contribution in [1.82, 2.24) is 9.88 Å².